The Morgan fingerprint density at radius 1 is 1.44 bits per heavy atom. The number of imidazole rings is 1. The Kier molecular flexibility index (Phi) is 3.70. The van der Waals surface area contributed by atoms with Crippen LogP contribution >= 0.6 is 11.6 Å². The molecule has 0 saturated heterocycles. The maximum absolute atomic E-state index is 12.0. The first kappa shape index (κ1) is 13.1. The normalized spacial score (nSPS) is 11.7. The average molecular weight is 286 g/mol. The standard InChI is InChI=1S/C11H12ClN3O2S/c1-8-2-3-9(6-10(8)12)18(16,17)15-7-11-13-4-5-14-11/h2-6,15H,7H2,1H3,(H,13,14). The summed E-state index contributed by atoms with van der Waals surface area (Å²) in [6, 6.07) is 4.62. The van der Waals surface area contributed by atoms with Crippen molar-refractivity contribution in [1.29, 1.82) is 0 Å². The first-order chi connectivity index (χ1) is 8.49. The third-order valence-electron chi connectivity index (χ3n) is 2.44. The molecule has 0 saturated carbocycles. The molecular weight excluding hydrogens is 274 g/mol. The van der Waals surface area contributed by atoms with Gasteiger partial charge in [0.25, 0.3) is 0 Å². The zero-order chi connectivity index (χ0) is 13.2. The number of nitrogens with one attached hydrogen (secondary N) is 2. The van der Waals surface area contributed by atoms with Gasteiger partial charge < -0.3 is 4.98 Å². The lowest BCUT2D eigenvalue weighted by atomic mass is 10.2. The molecule has 0 unspecified atom stereocenters. The molecule has 1 aromatic carbocycles. The Labute approximate surface area is 110 Å². The van der Waals surface area contributed by atoms with Gasteiger partial charge in [-0.3, -0.25) is 0 Å². The van der Waals surface area contributed by atoms with Gasteiger partial charge in [-0.1, -0.05) is 17.7 Å². The van der Waals surface area contributed by atoms with Crippen LogP contribution in [-0.2, 0) is 16.6 Å². The second kappa shape index (κ2) is 5.09. The fraction of sp³-hybridized carbons (Fsp3) is 0.182. The number of H-pyrrole nitrogens is 1. The fourth-order valence-corrected chi connectivity index (χ4v) is 2.64. The van der Waals surface area contributed by atoms with E-state index in [0.29, 0.717) is 10.8 Å². The molecule has 0 bridgehead atoms. The summed E-state index contributed by atoms with van der Waals surface area (Å²) >= 11 is 5.91. The number of aromatic nitrogens is 2. The van der Waals surface area contributed by atoms with Gasteiger partial charge in [0.2, 0.25) is 10.0 Å². The lowest BCUT2D eigenvalue weighted by Crippen LogP contribution is -2.23. The van der Waals surface area contributed by atoms with Crippen LogP contribution in [0.15, 0.2) is 35.5 Å². The maximum Gasteiger partial charge on any atom is 0.241 e. The van der Waals surface area contributed by atoms with E-state index in [1.165, 1.54) is 12.1 Å². The first-order valence-corrected chi connectivity index (χ1v) is 7.09. The SMILES string of the molecule is Cc1ccc(S(=O)(=O)NCc2ncc[nH]2)cc1Cl. The van der Waals surface area contributed by atoms with Crippen LogP contribution in [0.1, 0.15) is 11.4 Å². The maximum atomic E-state index is 12.0. The minimum Gasteiger partial charge on any atom is -0.347 e. The zero-order valence-corrected chi connectivity index (χ0v) is 11.2. The number of sulfonamides is 1. The van der Waals surface area contributed by atoms with Gasteiger partial charge in [0.1, 0.15) is 5.82 Å². The van der Waals surface area contributed by atoms with Gasteiger partial charge in [0.15, 0.2) is 0 Å². The highest BCUT2D eigenvalue weighted by Gasteiger charge is 2.15. The Morgan fingerprint density at radius 2 is 2.22 bits per heavy atom. The highest BCUT2D eigenvalue weighted by atomic mass is 35.5. The predicted molar refractivity (Wildman–Crippen MR) is 68.8 cm³/mol. The van der Waals surface area contributed by atoms with Crippen LogP contribution in [0.25, 0.3) is 0 Å². The quantitative estimate of drug-likeness (QED) is 0.900. The van der Waals surface area contributed by atoms with Crippen LogP contribution in [-0.4, -0.2) is 18.4 Å². The molecule has 2 rings (SSSR count). The molecule has 0 aliphatic heterocycles. The molecule has 0 amide bonds. The molecule has 1 aromatic heterocycles. The van der Waals surface area contributed by atoms with E-state index in [1.807, 2.05) is 6.92 Å². The molecule has 5 nitrogen and oxygen atoms in total. The van der Waals surface area contributed by atoms with E-state index in [9.17, 15) is 8.42 Å². The second-order valence-corrected chi connectivity index (χ2v) is 5.95. The van der Waals surface area contributed by atoms with Crippen LogP contribution in [0.2, 0.25) is 5.02 Å². The number of hydrogen-bond donors (Lipinski definition) is 2. The zero-order valence-electron chi connectivity index (χ0n) is 9.64. The van der Waals surface area contributed by atoms with E-state index >= 15 is 0 Å². The predicted octanol–water partition coefficient (Wildman–Crippen LogP) is 1.85. The molecule has 0 radical (unpaired) electrons. The van der Waals surface area contributed by atoms with Gasteiger partial charge in [-0.05, 0) is 24.6 Å². The molecule has 2 N–H and O–H groups in total. The minimum absolute atomic E-state index is 0.112. The van der Waals surface area contributed by atoms with Gasteiger partial charge in [-0.2, -0.15) is 0 Å². The summed E-state index contributed by atoms with van der Waals surface area (Å²) < 4.78 is 26.4. The Hall–Kier alpha value is -1.37. The average Bonchev–Trinajstić information content (AvgIpc) is 2.83. The van der Waals surface area contributed by atoms with Crippen molar-refractivity contribution in [2.24, 2.45) is 0 Å². The Bertz CT molecular complexity index is 638. The van der Waals surface area contributed by atoms with Gasteiger partial charge in [0.05, 0.1) is 11.4 Å². The monoisotopic (exact) mass is 285 g/mol. The van der Waals surface area contributed by atoms with Crippen LogP contribution in [0.3, 0.4) is 0 Å². The largest absolute Gasteiger partial charge is 0.347 e. The topological polar surface area (TPSA) is 74.8 Å². The van der Waals surface area contributed by atoms with Crippen LogP contribution in [0, 0.1) is 6.92 Å². The van der Waals surface area contributed by atoms with E-state index in [4.69, 9.17) is 11.6 Å². The van der Waals surface area contributed by atoms with Crippen LogP contribution < -0.4 is 4.72 Å². The minimum atomic E-state index is -3.57. The summed E-state index contributed by atoms with van der Waals surface area (Å²) in [5.41, 5.74) is 0.835. The van der Waals surface area contributed by atoms with Gasteiger partial charge in [-0.15, -0.1) is 0 Å². The van der Waals surface area contributed by atoms with Crippen molar-refractivity contribution in [2.75, 3.05) is 0 Å². The van der Waals surface area contributed by atoms with Crippen LogP contribution in [0.5, 0.6) is 0 Å². The molecular formula is C11H12ClN3O2S. The Morgan fingerprint density at radius 3 is 2.83 bits per heavy atom. The number of nitrogens with zero attached hydrogens (tertiary/aromatic N) is 1. The third-order valence-corrected chi connectivity index (χ3v) is 4.24. The molecule has 0 aliphatic carbocycles. The van der Waals surface area contributed by atoms with E-state index in [1.54, 1.807) is 18.5 Å². The Balaban J connectivity index is 2.17. The molecule has 0 spiro atoms. The van der Waals surface area contributed by atoms with Gasteiger partial charge >= 0.3 is 0 Å². The first-order valence-electron chi connectivity index (χ1n) is 5.23. The number of aryl methyl sites for hydroxylation is 1. The van der Waals surface area contributed by atoms with Crippen molar-refractivity contribution in [1.82, 2.24) is 14.7 Å². The summed E-state index contributed by atoms with van der Waals surface area (Å²) in [6.07, 6.45) is 3.19. The summed E-state index contributed by atoms with van der Waals surface area (Å²) in [5, 5.41) is 0.427. The molecule has 0 atom stereocenters. The molecule has 1 heterocycles. The summed E-state index contributed by atoms with van der Waals surface area (Å²) in [5.74, 6) is 0.553. The molecule has 18 heavy (non-hydrogen) atoms. The van der Waals surface area contributed by atoms with Crippen molar-refractivity contribution in [3.05, 3.63) is 47.0 Å². The van der Waals surface area contributed by atoms with E-state index in [0.717, 1.165) is 5.56 Å². The lowest BCUT2D eigenvalue weighted by Gasteiger charge is -2.06. The van der Waals surface area contributed by atoms with Crippen molar-refractivity contribution >= 4 is 21.6 Å². The van der Waals surface area contributed by atoms with Crippen molar-refractivity contribution in [3.63, 3.8) is 0 Å². The van der Waals surface area contributed by atoms with Gasteiger partial charge in [0, 0.05) is 17.4 Å². The lowest BCUT2D eigenvalue weighted by molar-refractivity contribution is 0.579. The number of aromatic amines is 1. The van der Waals surface area contributed by atoms with E-state index in [-0.39, 0.29) is 11.4 Å². The van der Waals surface area contributed by atoms with Crippen molar-refractivity contribution < 1.29 is 8.42 Å². The summed E-state index contributed by atoms with van der Waals surface area (Å²) in [6.45, 7) is 1.93. The van der Waals surface area contributed by atoms with Crippen LogP contribution in [0.4, 0.5) is 0 Å². The summed E-state index contributed by atoms with van der Waals surface area (Å²) in [7, 11) is -3.57. The number of hydrogen-bond acceptors (Lipinski definition) is 3. The third kappa shape index (κ3) is 2.90. The summed E-state index contributed by atoms with van der Waals surface area (Å²) in [4.78, 5) is 6.90. The molecule has 0 fully saturated rings. The highest BCUT2D eigenvalue weighted by Crippen LogP contribution is 2.19. The number of halogens is 1. The highest BCUT2D eigenvalue weighted by molar-refractivity contribution is 7.89. The van der Waals surface area contributed by atoms with E-state index < -0.39 is 10.0 Å². The number of benzene rings is 1. The van der Waals surface area contributed by atoms with Gasteiger partial charge in [-0.25, -0.2) is 18.1 Å². The molecule has 7 heteroatoms. The smallest absolute Gasteiger partial charge is 0.241 e. The molecule has 0 aliphatic rings. The fourth-order valence-electron chi connectivity index (χ4n) is 1.38. The van der Waals surface area contributed by atoms with Crippen molar-refractivity contribution in [3.8, 4) is 0 Å². The number of rotatable bonds is 4. The molecule has 2 aromatic rings. The molecule has 96 valence electrons. The van der Waals surface area contributed by atoms with E-state index in [2.05, 4.69) is 14.7 Å². The second-order valence-electron chi connectivity index (χ2n) is 3.77. The van der Waals surface area contributed by atoms with Crippen molar-refractivity contribution in [2.45, 2.75) is 18.4 Å².